The Balaban J connectivity index is 2.55. The summed E-state index contributed by atoms with van der Waals surface area (Å²) in [6.45, 7) is 1.83. The summed E-state index contributed by atoms with van der Waals surface area (Å²) in [5.41, 5.74) is 0.800. The molecule has 1 saturated carbocycles. The Labute approximate surface area is 93.6 Å². The minimum Gasteiger partial charge on any atom is -0.481 e. The highest BCUT2D eigenvalue weighted by molar-refractivity contribution is 5.90. The van der Waals surface area contributed by atoms with E-state index in [0.29, 0.717) is 5.88 Å². The number of nitrogens with zero attached hydrogens (tertiary/aromatic N) is 3. The zero-order chi connectivity index (χ0) is 11.9. The molecule has 0 saturated heterocycles. The van der Waals surface area contributed by atoms with Gasteiger partial charge < -0.3 is 4.74 Å². The van der Waals surface area contributed by atoms with Crippen LogP contribution in [0.25, 0.3) is 0 Å². The highest BCUT2D eigenvalue weighted by atomic mass is 16.5. The summed E-state index contributed by atoms with van der Waals surface area (Å²) in [6.07, 6.45) is 0.540. The van der Waals surface area contributed by atoms with E-state index in [-0.39, 0.29) is 18.6 Å². The fraction of sp³-hybridized carbons (Fsp3) is 0.545. The van der Waals surface area contributed by atoms with E-state index < -0.39 is 5.41 Å². The predicted molar refractivity (Wildman–Crippen MR) is 56.0 cm³/mol. The average Bonchev–Trinajstić information content (AvgIpc) is 2.48. The molecule has 1 fully saturated rings. The zero-order valence-corrected chi connectivity index (χ0v) is 9.57. The molecule has 0 spiro atoms. The molecule has 5 nitrogen and oxygen atoms in total. The number of carbonyl (C=O) groups is 1. The molecule has 5 heteroatoms. The number of carbonyl (C=O) groups excluding carboxylic acids is 1. The second-order valence-corrected chi connectivity index (χ2v) is 4.18. The van der Waals surface area contributed by atoms with Crippen LogP contribution in [0.5, 0.6) is 5.88 Å². The standard InChI is InChI=1S/C11H13N3O2/c1-7-9(10(16-3)14(2)13-7)11(6-12)4-8(15)5-11/h4-5H2,1-3H3. The van der Waals surface area contributed by atoms with Gasteiger partial charge in [-0.1, -0.05) is 0 Å². The normalized spacial score (nSPS) is 17.8. The molecule has 0 N–H and O–H groups in total. The van der Waals surface area contributed by atoms with Gasteiger partial charge in [-0.05, 0) is 6.92 Å². The highest BCUT2D eigenvalue weighted by Gasteiger charge is 2.49. The number of Topliss-reactive ketones (excluding diaryl/α,β-unsaturated/α-hetero) is 1. The molecule has 0 aliphatic heterocycles. The van der Waals surface area contributed by atoms with Crippen LogP contribution in [0.4, 0.5) is 0 Å². The monoisotopic (exact) mass is 219 g/mol. The second-order valence-electron chi connectivity index (χ2n) is 4.18. The zero-order valence-electron chi connectivity index (χ0n) is 9.57. The number of hydrogen-bond donors (Lipinski definition) is 0. The molecule has 84 valence electrons. The maximum absolute atomic E-state index is 11.1. The number of nitriles is 1. The minimum absolute atomic E-state index is 0.117. The van der Waals surface area contributed by atoms with Crippen molar-refractivity contribution in [1.29, 1.82) is 5.26 Å². The molecule has 1 aromatic heterocycles. The average molecular weight is 219 g/mol. The molecule has 0 amide bonds. The van der Waals surface area contributed by atoms with E-state index in [0.717, 1.165) is 11.3 Å². The lowest BCUT2D eigenvalue weighted by Gasteiger charge is -2.33. The van der Waals surface area contributed by atoms with E-state index >= 15 is 0 Å². The fourth-order valence-electron chi connectivity index (χ4n) is 2.36. The largest absolute Gasteiger partial charge is 0.481 e. The number of hydrogen-bond acceptors (Lipinski definition) is 4. The van der Waals surface area contributed by atoms with Gasteiger partial charge >= 0.3 is 0 Å². The number of methoxy groups -OCH3 is 1. The van der Waals surface area contributed by atoms with Crippen molar-refractivity contribution < 1.29 is 9.53 Å². The highest BCUT2D eigenvalue weighted by Crippen LogP contribution is 2.45. The Morgan fingerprint density at radius 1 is 1.56 bits per heavy atom. The van der Waals surface area contributed by atoms with Crippen LogP contribution in [0.15, 0.2) is 0 Å². The van der Waals surface area contributed by atoms with Crippen molar-refractivity contribution in [2.45, 2.75) is 25.2 Å². The lowest BCUT2D eigenvalue weighted by molar-refractivity contribution is -0.126. The lowest BCUT2D eigenvalue weighted by Crippen LogP contribution is -2.40. The summed E-state index contributed by atoms with van der Waals surface area (Å²) in [7, 11) is 3.31. The van der Waals surface area contributed by atoms with Crippen molar-refractivity contribution in [2.75, 3.05) is 7.11 Å². The lowest BCUT2D eigenvalue weighted by atomic mass is 9.64. The Bertz CT molecular complexity index is 488. The molecule has 16 heavy (non-hydrogen) atoms. The molecule has 0 radical (unpaired) electrons. The maximum Gasteiger partial charge on any atom is 0.216 e. The van der Waals surface area contributed by atoms with E-state index in [1.54, 1.807) is 18.8 Å². The minimum atomic E-state index is -0.721. The molecule has 0 atom stereocenters. The van der Waals surface area contributed by atoms with E-state index in [2.05, 4.69) is 11.2 Å². The summed E-state index contributed by atoms with van der Waals surface area (Å²) in [5.74, 6) is 0.693. The Hall–Kier alpha value is -1.83. The van der Waals surface area contributed by atoms with Crippen LogP contribution >= 0.6 is 0 Å². The molecular formula is C11H13N3O2. The first-order chi connectivity index (χ1) is 7.54. The summed E-state index contributed by atoms with van der Waals surface area (Å²) in [4.78, 5) is 11.1. The van der Waals surface area contributed by atoms with Crippen LogP contribution in [-0.2, 0) is 17.3 Å². The molecule has 0 aromatic carbocycles. The third kappa shape index (κ3) is 1.23. The van der Waals surface area contributed by atoms with E-state index in [1.165, 1.54) is 0 Å². The third-order valence-corrected chi connectivity index (χ3v) is 3.05. The first-order valence-corrected chi connectivity index (χ1v) is 5.05. The first kappa shape index (κ1) is 10.7. The van der Waals surface area contributed by atoms with Gasteiger partial charge in [0.2, 0.25) is 5.88 Å². The molecule has 2 rings (SSSR count). The van der Waals surface area contributed by atoms with Crippen LogP contribution in [0.3, 0.4) is 0 Å². The summed E-state index contributed by atoms with van der Waals surface area (Å²) in [6, 6.07) is 2.24. The molecular weight excluding hydrogens is 206 g/mol. The van der Waals surface area contributed by atoms with Crippen molar-refractivity contribution in [2.24, 2.45) is 7.05 Å². The van der Waals surface area contributed by atoms with Crippen LogP contribution in [0.1, 0.15) is 24.1 Å². The van der Waals surface area contributed by atoms with Crippen molar-refractivity contribution >= 4 is 5.78 Å². The summed E-state index contributed by atoms with van der Waals surface area (Å²) in [5, 5.41) is 13.5. The van der Waals surface area contributed by atoms with Crippen LogP contribution < -0.4 is 4.74 Å². The van der Waals surface area contributed by atoms with Crippen molar-refractivity contribution in [1.82, 2.24) is 9.78 Å². The molecule has 0 unspecified atom stereocenters. The Morgan fingerprint density at radius 2 is 2.19 bits per heavy atom. The predicted octanol–water partition coefficient (Wildman–Crippen LogP) is 0.861. The van der Waals surface area contributed by atoms with Crippen LogP contribution in [0, 0.1) is 18.3 Å². The number of ether oxygens (including phenoxy) is 1. The van der Waals surface area contributed by atoms with Gasteiger partial charge in [0.05, 0.1) is 24.4 Å². The van der Waals surface area contributed by atoms with Gasteiger partial charge in [-0.25, -0.2) is 4.68 Å². The SMILES string of the molecule is COc1c(C2(C#N)CC(=O)C2)c(C)nn1C. The topological polar surface area (TPSA) is 67.9 Å². The quantitative estimate of drug-likeness (QED) is 0.739. The van der Waals surface area contributed by atoms with Crippen molar-refractivity contribution in [3.05, 3.63) is 11.3 Å². The second kappa shape index (κ2) is 3.34. The third-order valence-electron chi connectivity index (χ3n) is 3.05. The maximum atomic E-state index is 11.1. The van der Waals surface area contributed by atoms with Gasteiger partial charge in [-0.3, -0.25) is 4.79 Å². The molecule has 0 bridgehead atoms. The van der Waals surface area contributed by atoms with Gasteiger partial charge in [0.15, 0.2) is 0 Å². The Morgan fingerprint density at radius 3 is 2.62 bits per heavy atom. The molecule has 1 aromatic rings. The summed E-state index contributed by atoms with van der Waals surface area (Å²) < 4.78 is 6.86. The molecule has 1 heterocycles. The van der Waals surface area contributed by atoms with Crippen LogP contribution in [0.2, 0.25) is 0 Å². The molecule has 1 aliphatic carbocycles. The molecule has 1 aliphatic rings. The summed E-state index contributed by atoms with van der Waals surface area (Å²) >= 11 is 0. The fourth-order valence-corrected chi connectivity index (χ4v) is 2.36. The van der Waals surface area contributed by atoms with Crippen LogP contribution in [-0.4, -0.2) is 22.7 Å². The van der Waals surface area contributed by atoms with Crippen molar-refractivity contribution in [3.63, 3.8) is 0 Å². The number of aromatic nitrogens is 2. The van der Waals surface area contributed by atoms with E-state index in [1.807, 2.05) is 6.92 Å². The Kier molecular flexibility index (Phi) is 2.23. The van der Waals surface area contributed by atoms with Crippen molar-refractivity contribution in [3.8, 4) is 11.9 Å². The first-order valence-electron chi connectivity index (χ1n) is 5.05. The van der Waals surface area contributed by atoms with Gasteiger partial charge in [-0.15, -0.1) is 0 Å². The smallest absolute Gasteiger partial charge is 0.216 e. The van der Waals surface area contributed by atoms with Gasteiger partial charge in [-0.2, -0.15) is 10.4 Å². The number of ketones is 1. The van der Waals surface area contributed by atoms with Gasteiger partial charge in [0.1, 0.15) is 11.2 Å². The van der Waals surface area contributed by atoms with Gasteiger partial charge in [0, 0.05) is 19.9 Å². The van der Waals surface area contributed by atoms with E-state index in [9.17, 15) is 10.1 Å². The van der Waals surface area contributed by atoms with Gasteiger partial charge in [0.25, 0.3) is 0 Å². The van der Waals surface area contributed by atoms with E-state index in [4.69, 9.17) is 4.74 Å². The number of rotatable bonds is 2. The number of aryl methyl sites for hydroxylation is 2.